The van der Waals surface area contributed by atoms with E-state index in [1.54, 1.807) is 13.8 Å². The van der Waals surface area contributed by atoms with E-state index in [1.807, 2.05) is 0 Å². The first-order valence-electron chi connectivity index (χ1n) is 6.13. The van der Waals surface area contributed by atoms with Crippen molar-refractivity contribution in [2.24, 2.45) is 0 Å². The quantitative estimate of drug-likeness (QED) is 0.390. The van der Waals surface area contributed by atoms with Gasteiger partial charge in [-0.15, -0.1) is 0 Å². The molecule has 24 heavy (non-hydrogen) atoms. The van der Waals surface area contributed by atoms with Crippen LogP contribution in [0.5, 0.6) is 0 Å². The van der Waals surface area contributed by atoms with E-state index in [9.17, 15) is 25.9 Å². The molecule has 0 aromatic heterocycles. The van der Waals surface area contributed by atoms with E-state index in [0.29, 0.717) is 11.1 Å². The second-order valence-corrected chi connectivity index (χ2v) is 7.60. The van der Waals surface area contributed by atoms with Crippen LogP contribution in [0.3, 0.4) is 0 Å². The maximum absolute atomic E-state index is 11.4. The molecule has 0 radical (unpaired) electrons. The second-order valence-electron chi connectivity index (χ2n) is 4.91. The van der Waals surface area contributed by atoms with Crippen LogP contribution in [0, 0.1) is 13.8 Å². The third-order valence-corrected chi connectivity index (χ3v) is 4.86. The Labute approximate surface area is 185 Å². The molecule has 0 fully saturated rings. The number of rotatable bonds is 3. The van der Waals surface area contributed by atoms with E-state index < -0.39 is 30.0 Å². The van der Waals surface area contributed by atoms with Crippen molar-refractivity contribution in [1.29, 1.82) is 0 Å². The van der Waals surface area contributed by atoms with Crippen LogP contribution in [0.1, 0.15) is 11.1 Å². The summed E-state index contributed by atoms with van der Waals surface area (Å²) in [7, 11) is -9.65. The van der Waals surface area contributed by atoms with Crippen molar-refractivity contribution in [3.05, 3.63) is 47.5 Å². The van der Waals surface area contributed by atoms with Gasteiger partial charge < -0.3 is 9.11 Å². The van der Waals surface area contributed by atoms with Crippen molar-refractivity contribution >= 4 is 20.2 Å². The van der Waals surface area contributed by atoms with Crippen molar-refractivity contribution in [2.75, 3.05) is 0 Å². The summed E-state index contributed by atoms with van der Waals surface area (Å²) >= 11 is 0. The van der Waals surface area contributed by atoms with E-state index in [2.05, 4.69) is 0 Å². The summed E-state index contributed by atoms with van der Waals surface area (Å²) in [5.41, 5.74) is 0.846. The zero-order valence-electron chi connectivity index (χ0n) is 13.7. The van der Waals surface area contributed by atoms with Gasteiger partial charge in [0.25, 0.3) is 0 Å². The first-order valence-corrected chi connectivity index (χ1v) is 8.95. The number of benzene rings is 2. The summed E-state index contributed by atoms with van der Waals surface area (Å²) in [6, 6.07) is 8.01. The maximum Gasteiger partial charge on any atom is 1.00 e. The first-order chi connectivity index (χ1) is 10.00. The number of hydrogen-bond acceptors (Lipinski definition) is 6. The van der Waals surface area contributed by atoms with Gasteiger partial charge >= 0.3 is 59.1 Å². The topological polar surface area (TPSA) is 114 Å². The van der Waals surface area contributed by atoms with Gasteiger partial charge in [-0.1, -0.05) is 24.3 Å². The smallest absolute Gasteiger partial charge is 0.744 e. The average Bonchev–Trinajstić information content (AvgIpc) is 2.37. The number of hydrogen-bond donors (Lipinski definition) is 0. The molecule has 0 spiro atoms. The minimum Gasteiger partial charge on any atom is -0.744 e. The third kappa shape index (κ3) is 5.63. The second kappa shape index (κ2) is 8.77. The third-order valence-electron chi connectivity index (χ3n) is 3.10. The van der Waals surface area contributed by atoms with Gasteiger partial charge in [0.1, 0.15) is 20.2 Å². The molecular formula is C14H12Na2O6S2. The van der Waals surface area contributed by atoms with Crippen molar-refractivity contribution < 1.29 is 85.1 Å². The zero-order valence-corrected chi connectivity index (χ0v) is 19.4. The van der Waals surface area contributed by atoms with Crippen LogP contribution in [-0.4, -0.2) is 25.9 Å². The Balaban J connectivity index is 0.00000264. The number of aryl methyl sites for hydroxylation is 2. The maximum atomic E-state index is 11.4. The monoisotopic (exact) mass is 386 g/mol. The van der Waals surface area contributed by atoms with Gasteiger partial charge in [0, 0.05) is 11.1 Å². The predicted molar refractivity (Wildman–Crippen MR) is 77.3 cm³/mol. The van der Waals surface area contributed by atoms with Gasteiger partial charge in [-0.05, 0) is 37.1 Å². The van der Waals surface area contributed by atoms with Crippen molar-refractivity contribution in [2.45, 2.75) is 23.6 Å². The first kappa shape index (κ1) is 24.3. The summed E-state index contributed by atoms with van der Waals surface area (Å²) in [5.74, 6) is 0. The Kier molecular flexibility index (Phi) is 8.86. The standard InChI is InChI=1S/C14H14O6S2.2Na/c1-9-3-5-11(13(7-9)21(15,16)17)12-6-4-10(2)8-14(12)22(18,19)20;;/h3-8H,1-2H3,(H,15,16,17)(H,18,19,20);;/q;2*+1/p-2. The summed E-state index contributed by atoms with van der Waals surface area (Å²) in [6.07, 6.45) is 0. The average molecular weight is 386 g/mol. The fourth-order valence-electron chi connectivity index (χ4n) is 2.12. The Morgan fingerprint density at radius 2 is 0.958 bits per heavy atom. The van der Waals surface area contributed by atoms with Gasteiger partial charge in [0.2, 0.25) is 0 Å². The Morgan fingerprint density at radius 1 is 0.667 bits per heavy atom. The van der Waals surface area contributed by atoms with Crippen LogP contribution in [-0.2, 0) is 20.2 Å². The fraction of sp³-hybridized carbons (Fsp3) is 0.143. The molecule has 0 bridgehead atoms. The molecule has 2 aromatic carbocycles. The molecule has 0 unspecified atom stereocenters. The Morgan fingerprint density at radius 3 is 1.21 bits per heavy atom. The molecule has 0 aliphatic heterocycles. The molecule has 2 rings (SSSR count). The van der Waals surface area contributed by atoms with E-state index in [4.69, 9.17) is 0 Å². The van der Waals surface area contributed by atoms with E-state index in [0.717, 1.165) is 12.1 Å². The Hall–Kier alpha value is 0.260. The summed E-state index contributed by atoms with van der Waals surface area (Å²) < 4.78 is 68.5. The molecule has 0 N–H and O–H groups in total. The fourth-order valence-corrected chi connectivity index (χ4v) is 3.67. The van der Waals surface area contributed by atoms with Gasteiger partial charge in [0.05, 0.1) is 9.79 Å². The molecular weight excluding hydrogens is 374 g/mol. The van der Waals surface area contributed by atoms with Crippen LogP contribution in [0.4, 0.5) is 0 Å². The van der Waals surface area contributed by atoms with Gasteiger partial charge in [-0.3, -0.25) is 0 Å². The normalized spacial score (nSPS) is 11.3. The molecule has 118 valence electrons. The summed E-state index contributed by atoms with van der Waals surface area (Å²) in [4.78, 5) is -1.11. The van der Waals surface area contributed by atoms with E-state index >= 15 is 0 Å². The van der Waals surface area contributed by atoms with Crippen LogP contribution in [0.25, 0.3) is 11.1 Å². The van der Waals surface area contributed by atoms with Crippen LogP contribution in [0.15, 0.2) is 46.2 Å². The van der Waals surface area contributed by atoms with Gasteiger partial charge in [-0.2, -0.15) is 0 Å². The van der Waals surface area contributed by atoms with Crippen LogP contribution >= 0.6 is 0 Å². The molecule has 0 aliphatic carbocycles. The minimum atomic E-state index is -4.82. The summed E-state index contributed by atoms with van der Waals surface area (Å²) in [5, 5.41) is 0. The van der Waals surface area contributed by atoms with Crippen LogP contribution < -0.4 is 59.1 Å². The minimum absolute atomic E-state index is 0. The SMILES string of the molecule is Cc1ccc(-c2ccc(C)cc2S(=O)(=O)[O-])c(S(=O)(=O)[O-])c1.[Na+].[Na+]. The molecule has 6 nitrogen and oxygen atoms in total. The molecule has 0 amide bonds. The molecule has 0 aliphatic rings. The zero-order chi connectivity index (χ0) is 16.7. The molecule has 0 saturated heterocycles. The molecule has 0 saturated carbocycles. The van der Waals surface area contributed by atoms with Crippen molar-refractivity contribution in [1.82, 2.24) is 0 Å². The summed E-state index contributed by atoms with van der Waals surface area (Å²) in [6.45, 7) is 3.19. The van der Waals surface area contributed by atoms with Crippen LogP contribution in [0.2, 0.25) is 0 Å². The molecule has 10 heteroatoms. The molecule has 2 aromatic rings. The van der Waals surface area contributed by atoms with Crippen molar-refractivity contribution in [3.63, 3.8) is 0 Å². The van der Waals surface area contributed by atoms with Crippen molar-refractivity contribution in [3.8, 4) is 11.1 Å². The molecule has 0 atom stereocenters. The Bertz CT molecular complexity index is 874. The van der Waals surface area contributed by atoms with E-state index in [1.165, 1.54) is 24.3 Å². The predicted octanol–water partition coefficient (Wildman–Crippen LogP) is -4.21. The van der Waals surface area contributed by atoms with Gasteiger partial charge in [-0.25, -0.2) is 16.8 Å². The molecule has 0 heterocycles. The van der Waals surface area contributed by atoms with E-state index in [-0.39, 0.29) is 70.2 Å². The van der Waals surface area contributed by atoms with Gasteiger partial charge in [0.15, 0.2) is 0 Å². The largest absolute Gasteiger partial charge is 1.00 e.